The first-order valence-electron chi connectivity index (χ1n) is 4.98. The summed E-state index contributed by atoms with van der Waals surface area (Å²) in [4.78, 5) is 24.3. The molecule has 0 aliphatic carbocycles. The van der Waals surface area contributed by atoms with Gasteiger partial charge in [-0.25, -0.2) is 4.79 Å². The molecule has 0 bridgehead atoms. The van der Waals surface area contributed by atoms with Gasteiger partial charge in [0.1, 0.15) is 6.73 Å². The largest absolute Gasteiger partial charge is 0.446 e. The number of hydrogen-bond donors (Lipinski definition) is 0. The zero-order valence-electron chi connectivity index (χ0n) is 9.11. The summed E-state index contributed by atoms with van der Waals surface area (Å²) in [5.74, 6) is -1.21. The van der Waals surface area contributed by atoms with Crippen molar-refractivity contribution in [2.75, 3.05) is 33.0 Å². The lowest BCUT2D eigenvalue weighted by Gasteiger charge is -2.25. The Morgan fingerprint density at radius 1 is 1.38 bits per heavy atom. The summed E-state index contributed by atoms with van der Waals surface area (Å²) in [6.07, 6.45) is 1.04. The van der Waals surface area contributed by atoms with Crippen LogP contribution in [-0.4, -0.2) is 49.7 Å². The highest BCUT2D eigenvalue weighted by atomic mass is 16.5. The van der Waals surface area contributed by atoms with E-state index in [0.29, 0.717) is 13.2 Å². The number of morpholine rings is 1. The second-order valence-electron chi connectivity index (χ2n) is 3.34. The maximum atomic E-state index is 11.3. The van der Waals surface area contributed by atoms with Gasteiger partial charge in [0, 0.05) is 13.1 Å². The van der Waals surface area contributed by atoms with E-state index in [4.69, 9.17) is 9.47 Å². The molecule has 0 amide bonds. The number of esters is 1. The van der Waals surface area contributed by atoms with Gasteiger partial charge in [-0.2, -0.15) is 0 Å². The topological polar surface area (TPSA) is 55.8 Å². The van der Waals surface area contributed by atoms with Gasteiger partial charge in [0.05, 0.1) is 18.8 Å². The van der Waals surface area contributed by atoms with Gasteiger partial charge in [-0.1, -0.05) is 13.2 Å². The third-order valence-corrected chi connectivity index (χ3v) is 2.21. The Morgan fingerprint density at radius 2 is 2.00 bits per heavy atom. The number of hydrogen-bond acceptors (Lipinski definition) is 5. The van der Waals surface area contributed by atoms with Crippen molar-refractivity contribution in [3.8, 4) is 0 Å². The number of ketones is 1. The van der Waals surface area contributed by atoms with Crippen LogP contribution in [0.4, 0.5) is 0 Å². The Labute approximate surface area is 94.3 Å². The molecule has 0 aromatic heterocycles. The number of nitrogens with zero attached hydrogens (tertiary/aromatic N) is 1. The van der Waals surface area contributed by atoms with Gasteiger partial charge < -0.3 is 9.47 Å². The van der Waals surface area contributed by atoms with Crippen molar-refractivity contribution in [2.24, 2.45) is 0 Å². The van der Waals surface area contributed by atoms with E-state index in [1.54, 1.807) is 0 Å². The smallest absolute Gasteiger partial charge is 0.342 e. The second-order valence-corrected chi connectivity index (χ2v) is 3.34. The molecule has 5 heteroatoms. The molecule has 0 aromatic carbocycles. The highest BCUT2D eigenvalue weighted by Crippen LogP contribution is 2.01. The van der Waals surface area contributed by atoms with Crippen LogP contribution < -0.4 is 0 Å². The average molecular weight is 225 g/mol. The Balaban J connectivity index is 2.31. The molecule has 1 rings (SSSR count). The molecule has 16 heavy (non-hydrogen) atoms. The first-order chi connectivity index (χ1) is 7.65. The fourth-order valence-electron chi connectivity index (χ4n) is 1.19. The van der Waals surface area contributed by atoms with E-state index in [0.717, 1.165) is 19.2 Å². The molecule has 0 N–H and O–H groups in total. The standard InChI is InChI=1S/C11H15NO4/c1-3-10(13)9(2)11(14)16-8-12-4-6-15-7-5-12/h3H,1-2,4-8H2. The van der Waals surface area contributed by atoms with Crippen LogP contribution in [0.1, 0.15) is 0 Å². The van der Waals surface area contributed by atoms with Crippen molar-refractivity contribution in [1.82, 2.24) is 4.90 Å². The zero-order chi connectivity index (χ0) is 12.0. The van der Waals surface area contributed by atoms with Crippen LogP contribution in [0, 0.1) is 0 Å². The fraction of sp³-hybridized carbons (Fsp3) is 0.455. The van der Waals surface area contributed by atoms with Crippen LogP contribution in [0.15, 0.2) is 24.8 Å². The Bertz CT molecular complexity index is 305. The molecule has 1 aliphatic heterocycles. The van der Waals surface area contributed by atoms with Crippen LogP contribution in [0.5, 0.6) is 0 Å². The molecule has 1 saturated heterocycles. The zero-order valence-corrected chi connectivity index (χ0v) is 9.11. The summed E-state index contributed by atoms with van der Waals surface area (Å²) in [6.45, 7) is 9.47. The van der Waals surface area contributed by atoms with Gasteiger partial charge in [0.2, 0.25) is 0 Å². The van der Waals surface area contributed by atoms with E-state index in [1.165, 1.54) is 0 Å². The van der Waals surface area contributed by atoms with E-state index in [1.807, 2.05) is 4.90 Å². The summed E-state index contributed by atoms with van der Waals surface area (Å²) >= 11 is 0. The lowest BCUT2D eigenvalue weighted by molar-refractivity contribution is -0.146. The molecule has 1 fully saturated rings. The monoisotopic (exact) mass is 225 g/mol. The predicted octanol–water partition coefficient (Wildman–Crippen LogP) is 0.131. The van der Waals surface area contributed by atoms with E-state index in [-0.39, 0.29) is 12.3 Å². The summed E-state index contributed by atoms with van der Waals surface area (Å²) in [5.41, 5.74) is -0.191. The first-order valence-corrected chi connectivity index (χ1v) is 4.98. The van der Waals surface area contributed by atoms with Gasteiger partial charge in [0.15, 0.2) is 5.78 Å². The van der Waals surface area contributed by atoms with Crippen molar-refractivity contribution >= 4 is 11.8 Å². The molecule has 88 valence electrons. The minimum atomic E-state index is -0.698. The molecule has 1 aliphatic rings. The highest BCUT2D eigenvalue weighted by Gasteiger charge is 2.17. The SMILES string of the molecule is C=CC(=O)C(=C)C(=O)OCN1CCOCC1. The molecule has 0 unspecified atom stereocenters. The van der Waals surface area contributed by atoms with Gasteiger partial charge >= 0.3 is 5.97 Å². The van der Waals surface area contributed by atoms with Gasteiger partial charge in [-0.15, -0.1) is 0 Å². The van der Waals surface area contributed by atoms with E-state index < -0.39 is 11.8 Å². The van der Waals surface area contributed by atoms with E-state index in [2.05, 4.69) is 13.2 Å². The highest BCUT2D eigenvalue weighted by molar-refractivity contribution is 6.20. The number of rotatable bonds is 5. The van der Waals surface area contributed by atoms with Crippen LogP contribution in [0.2, 0.25) is 0 Å². The third-order valence-electron chi connectivity index (χ3n) is 2.21. The number of carbonyl (C=O) groups excluding carboxylic acids is 2. The summed E-state index contributed by atoms with van der Waals surface area (Å²) < 4.78 is 10.1. The van der Waals surface area contributed by atoms with E-state index in [9.17, 15) is 9.59 Å². The van der Waals surface area contributed by atoms with E-state index >= 15 is 0 Å². The van der Waals surface area contributed by atoms with Crippen molar-refractivity contribution in [1.29, 1.82) is 0 Å². The summed E-state index contributed by atoms with van der Waals surface area (Å²) in [7, 11) is 0. The Hall–Kier alpha value is -1.46. The maximum absolute atomic E-state index is 11.3. The molecule has 0 spiro atoms. The molecule has 5 nitrogen and oxygen atoms in total. The third kappa shape index (κ3) is 3.60. The van der Waals surface area contributed by atoms with Crippen molar-refractivity contribution in [3.63, 3.8) is 0 Å². The quantitative estimate of drug-likeness (QED) is 0.288. The van der Waals surface area contributed by atoms with Crippen molar-refractivity contribution in [2.45, 2.75) is 0 Å². The lowest BCUT2D eigenvalue weighted by atomic mass is 10.2. The Morgan fingerprint density at radius 3 is 2.56 bits per heavy atom. The molecular formula is C11H15NO4. The fourth-order valence-corrected chi connectivity index (χ4v) is 1.19. The van der Waals surface area contributed by atoms with Gasteiger partial charge in [0.25, 0.3) is 0 Å². The Kier molecular flexibility index (Phi) is 4.88. The molecule has 0 saturated carbocycles. The first kappa shape index (κ1) is 12.6. The second kappa shape index (κ2) is 6.19. The minimum Gasteiger partial charge on any atom is -0.446 e. The number of ether oxygens (including phenoxy) is 2. The van der Waals surface area contributed by atoms with Gasteiger partial charge in [-0.3, -0.25) is 9.69 Å². The van der Waals surface area contributed by atoms with Crippen LogP contribution >= 0.6 is 0 Å². The lowest BCUT2D eigenvalue weighted by Crippen LogP contribution is -2.38. The summed E-state index contributed by atoms with van der Waals surface area (Å²) in [6, 6.07) is 0. The average Bonchev–Trinajstić information content (AvgIpc) is 2.35. The maximum Gasteiger partial charge on any atom is 0.342 e. The van der Waals surface area contributed by atoms with Crippen molar-refractivity contribution < 1.29 is 19.1 Å². The van der Waals surface area contributed by atoms with Crippen LogP contribution in [0.3, 0.4) is 0 Å². The normalized spacial score (nSPS) is 16.5. The van der Waals surface area contributed by atoms with Crippen LogP contribution in [0.25, 0.3) is 0 Å². The van der Waals surface area contributed by atoms with Crippen LogP contribution in [-0.2, 0) is 19.1 Å². The van der Waals surface area contributed by atoms with Crippen molar-refractivity contribution in [3.05, 3.63) is 24.8 Å². The summed E-state index contributed by atoms with van der Waals surface area (Å²) in [5, 5.41) is 0. The predicted molar refractivity (Wildman–Crippen MR) is 57.7 cm³/mol. The number of allylic oxidation sites excluding steroid dienone is 1. The molecule has 1 heterocycles. The molecular weight excluding hydrogens is 210 g/mol. The molecule has 0 radical (unpaired) electrons. The minimum absolute atomic E-state index is 0.158. The molecule has 0 aromatic rings. The van der Waals surface area contributed by atoms with Gasteiger partial charge in [-0.05, 0) is 6.08 Å². The number of carbonyl (C=O) groups is 2. The molecule has 0 atom stereocenters.